The van der Waals surface area contributed by atoms with Crippen molar-refractivity contribution in [1.82, 2.24) is 4.90 Å². The Balaban J connectivity index is 1.52. The average molecular weight is 545 g/mol. The highest BCUT2D eigenvalue weighted by molar-refractivity contribution is 6.04. The van der Waals surface area contributed by atoms with Crippen molar-refractivity contribution < 1.29 is 24.0 Å². The molecular weight excluding hydrogens is 512 g/mol. The van der Waals surface area contributed by atoms with E-state index in [1.54, 1.807) is 42.2 Å². The Morgan fingerprint density at radius 3 is 2.42 bits per heavy atom. The van der Waals surface area contributed by atoms with E-state index in [2.05, 4.69) is 0 Å². The standard InChI is InChI=1S/C30H32N4O6/c1-30(29(36)39-2)18-24(33(28(30)35)16-6-9-20-7-4-3-5-8-20)19-40-26-15-14-23(17-25(26)34(37)38)21-10-12-22(13-11-21)27(31)32/h3-5,7-8,10-15,17,24H,6,9,16,18-19H2,1-2H3,(H3,31,32)/t24-,30-/m0/s1. The molecule has 1 amide bonds. The van der Waals surface area contributed by atoms with Crippen LogP contribution in [0.2, 0.25) is 0 Å². The van der Waals surface area contributed by atoms with Crippen LogP contribution in [0.3, 0.4) is 0 Å². The van der Waals surface area contributed by atoms with Crippen LogP contribution in [0.25, 0.3) is 11.1 Å². The van der Waals surface area contributed by atoms with Gasteiger partial charge in [-0.15, -0.1) is 0 Å². The number of nitro groups is 1. The number of nitrogen functional groups attached to an aromatic ring is 1. The minimum atomic E-state index is -1.35. The summed E-state index contributed by atoms with van der Waals surface area (Å²) in [6.45, 7) is 1.96. The molecule has 1 aliphatic rings. The molecule has 40 heavy (non-hydrogen) atoms. The second-order valence-corrected chi connectivity index (χ2v) is 10.0. The number of amides is 1. The molecule has 0 unspecified atom stereocenters. The van der Waals surface area contributed by atoms with Gasteiger partial charge in [-0.2, -0.15) is 0 Å². The zero-order valence-electron chi connectivity index (χ0n) is 22.5. The monoisotopic (exact) mass is 544 g/mol. The number of hydrogen-bond acceptors (Lipinski definition) is 7. The second-order valence-electron chi connectivity index (χ2n) is 10.0. The molecule has 10 heteroatoms. The van der Waals surface area contributed by atoms with Crippen molar-refractivity contribution in [3.63, 3.8) is 0 Å². The molecule has 3 aromatic rings. The quantitative estimate of drug-likeness (QED) is 0.0911. The fourth-order valence-electron chi connectivity index (χ4n) is 5.07. The van der Waals surface area contributed by atoms with Gasteiger partial charge in [-0.05, 0) is 48.9 Å². The van der Waals surface area contributed by atoms with E-state index in [1.807, 2.05) is 30.3 Å². The summed E-state index contributed by atoms with van der Waals surface area (Å²) < 4.78 is 10.9. The topological polar surface area (TPSA) is 149 Å². The van der Waals surface area contributed by atoms with Gasteiger partial charge in [0.25, 0.3) is 0 Å². The number of carbonyl (C=O) groups excluding carboxylic acids is 2. The molecule has 4 rings (SSSR count). The van der Waals surface area contributed by atoms with E-state index in [9.17, 15) is 19.7 Å². The number of hydrogen-bond donors (Lipinski definition) is 2. The molecule has 0 radical (unpaired) electrons. The maximum absolute atomic E-state index is 13.4. The predicted molar refractivity (Wildman–Crippen MR) is 150 cm³/mol. The van der Waals surface area contributed by atoms with E-state index in [4.69, 9.17) is 20.6 Å². The Morgan fingerprint density at radius 1 is 1.12 bits per heavy atom. The van der Waals surface area contributed by atoms with Crippen molar-refractivity contribution in [3.8, 4) is 16.9 Å². The molecule has 0 aromatic heterocycles. The summed E-state index contributed by atoms with van der Waals surface area (Å²) in [6.07, 6.45) is 1.62. The molecule has 2 atom stereocenters. The molecule has 1 fully saturated rings. The molecule has 208 valence electrons. The van der Waals surface area contributed by atoms with Crippen LogP contribution in [0.1, 0.15) is 30.9 Å². The number of amidine groups is 1. The van der Waals surface area contributed by atoms with Crippen molar-refractivity contribution >= 4 is 23.4 Å². The van der Waals surface area contributed by atoms with Gasteiger partial charge in [0, 0.05) is 18.2 Å². The third kappa shape index (κ3) is 5.96. The van der Waals surface area contributed by atoms with Crippen molar-refractivity contribution in [2.24, 2.45) is 11.1 Å². The molecule has 3 N–H and O–H groups in total. The van der Waals surface area contributed by atoms with Gasteiger partial charge in [0.1, 0.15) is 17.9 Å². The zero-order valence-corrected chi connectivity index (χ0v) is 22.5. The first-order chi connectivity index (χ1) is 19.1. The van der Waals surface area contributed by atoms with E-state index >= 15 is 0 Å². The van der Waals surface area contributed by atoms with Gasteiger partial charge in [0.15, 0.2) is 5.75 Å². The van der Waals surface area contributed by atoms with E-state index in [1.165, 1.54) is 19.2 Å². The first kappa shape index (κ1) is 28.3. The van der Waals surface area contributed by atoms with Gasteiger partial charge in [-0.25, -0.2) is 0 Å². The maximum Gasteiger partial charge on any atom is 0.321 e. The van der Waals surface area contributed by atoms with Gasteiger partial charge in [-0.1, -0.05) is 60.7 Å². The van der Waals surface area contributed by atoms with Crippen molar-refractivity contribution in [2.75, 3.05) is 20.3 Å². The van der Waals surface area contributed by atoms with E-state index in [-0.39, 0.29) is 36.2 Å². The van der Waals surface area contributed by atoms with E-state index < -0.39 is 22.3 Å². The summed E-state index contributed by atoms with van der Waals surface area (Å²) >= 11 is 0. The molecule has 0 spiro atoms. The maximum atomic E-state index is 13.4. The lowest BCUT2D eigenvalue weighted by Gasteiger charge is -2.25. The van der Waals surface area contributed by atoms with Crippen LogP contribution in [-0.2, 0) is 20.7 Å². The number of rotatable bonds is 11. The summed E-state index contributed by atoms with van der Waals surface area (Å²) in [5, 5.41) is 19.5. The molecule has 1 heterocycles. The summed E-state index contributed by atoms with van der Waals surface area (Å²) in [5.74, 6) is -0.944. The number of nitrogens with zero attached hydrogens (tertiary/aromatic N) is 2. The average Bonchev–Trinajstić information content (AvgIpc) is 3.21. The minimum Gasteiger partial charge on any atom is -0.485 e. The molecule has 0 aliphatic carbocycles. The van der Waals surface area contributed by atoms with Crippen LogP contribution in [0.15, 0.2) is 72.8 Å². The Hall–Kier alpha value is -4.73. The number of nitrogens with two attached hydrogens (primary N) is 1. The van der Waals surface area contributed by atoms with Crippen molar-refractivity contribution in [1.29, 1.82) is 5.41 Å². The number of likely N-dealkylation sites (tertiary alicyclic amines) is 1. The third-order valence-corrected chi connectivity index (χ3v) is 7.28. The highest BCUT2D eigenvalue weighted by Crippen LogP contribution is 2.39. The number of benzene rings is 3. The highest BCUT2D eigenvalue weighted by atomic mass is 16.6. The number of aryl methyl sites for hydroxylation is 1. The van der Waals surface area contributed by atoms with Crippen LogP contribution in [0, 0.1) is 20.9 Å². The molecular formula is C30H32N4O6. The zero-order chi connectivity index (χ0) is 28.9. The number of nitro benzene ring substituents is 1. The Bertz CT molecular complexity index is 1410. The van der Waals surface area contributed by atoms with Crippen molar-refractivity contribution in [2.45, 2.75) is 32.2 Å². The fourth-order valence-corrected chi connectivity index (χ4v) is 5.07. The number of ether oxygens (including phenoxy) is 2. The van der Waals surface area contributed by atoms with E-state index in [0.717, 1.165) is 17.5 Å². The molecule has 0 bridgehead atoms. The lowest BCUT2D eigenvalue weighted by atomic mass is 9.87. The first-order valence-electron chi connectivity index (χ1n) is 12.9. The molecule has 0 saturated carbocycles. The lowest BCUT2D eigenvalue weighted by Crippen LogP contribution is -2.41. The van der Waals surface area contributed by atoms with Crippen LogP contribution in [0.5, 0.6) is 5.75 Å². The molecule has 10 nitrogen and oxygen atoms in total. The largest absolute Gasteiger partial charge is 0.485 e. The number of nitrogens with one attached hydrogen (secondary N) is 1. The molecule has 3 aromatic carbocycles. The number of methoxy groups -OCH3 is 1. The number of carbonyl (C=O) groups is 2. The fraction of sp³-hybridized carbons (Fsp3) is 0.300. The molecule has 1 aliphatic heterocycles. The smallest absolute Gasteiger partial charge is 0.321 e. The Kier molecular flexibility index (Phi) is 8.47. The molecule has 1 saturated heterocycles. The summed E-state index contributed by atoms with van der Waals surface area (Å²) in [7, 11) is 1.25. The highest BCUT2D eigenvalue weighted by Gasteiger charge is 2.54. The predicted octanol–water partition coefficient (Wildman–Crippen LogP) is 4.34. The van der Waals surface area contributed by atoms with Gasteiger partial charge in [0.05, 0.1) is 18.1 Å². The summed E-state index contributed by atoms with van der Waals surface area (Å²) in [6, 6.07) is 20.9. The Morgan fingerprint density at radius 2 is 1.80 bits per heavy atom. The van der Waals surface area contributed by atoms with Crippen LogP contribution >= 0.6 is 0 Å². The van der Waals surface area contributed by atoms with Crippen LogP contribution in [-0.4, -0.2) is 53.8 Å². The number of esters is 1. The summed E-state index contributed by atoms with van der Waals surface area (Å²) in [4.78, 5) is 39.0. The van der Waals surface area contributed by atoms with Gasteiger partial charge in [-0.3, -0.25) is 25.1 Å². The van der Waals surface area contributed by atoms with Crippen LogP contribution < -0.4 is 10.5 Å². The normalized spacial score (nSPS) is 18.4. The third-order valence-electron chi connectivity index (χ3n) is 7.28. The second kappa shape index (κ2) is 12.0. The lowest BCUT2D eigenvalue weighted by molar-refractivity contribution is -0.385. The van der Waals surface area contributed by atoms with Crippen LogP contribution in [0.4, 0.5) is 5.69 Å². The van der Waals surface area contributed by atoms with Gasteiger partial charge >= 0.3 is 11.7 Å². The SMILES string of the molecule is COC(=O)[C@@]1(C)C[C@@H](COc2ccc(-c3ccc(C(=N)N)cc3)cc2[N+](=O)[O-])N(CCCc2ccccc2)C1=O. The van der Waals surface area contributed by atoms with E-state index in [0.29, 0.717) is 24.1 Å². The minimum absolute atomic E-state index is 0.0167. The summed E-state index contributed by atoms with van der Waals surface area (Å²) in [5.41, 5.74) is 6.96. The van der Waals surface area contributed by atoms with Gasteiger partial charge in [0.2, 0.25) is 5.91 Å². The first-order valence-corrected chi connectivity index (χ1v) is 12.9. The van der Waals surface area contributed by atoms with Gasteiger partial charge < -0.3 is 20.1 Å². The van der Waals surface area contributed by atoms with Crippen molar-refractivity contribution in [3.05, 3.63) is 94.0 Å². The Labute approximate surface area is 232 Å².